The predicted octanol–water partition coefficient (Wildman–Crippen LogP) is 2.43. The maximum absolute atomic E-state index is 13.8. The minimum atomic E-state index is -0.774. The molecule has 2 amide bonds. The number of fused-ring (bicyclic) bond motifs is 1. The average molecular weight is 544 g/mol. The van der Waals surface area contributed by atoms with Crippen LogP contribution in [0.5, 0.6) is 0 Å². The van der Waals surface area contributed by atoms with E-state index in [-0.39, 0.29) is 31.3 Å². The van der Waals surface area contributed by atoms with Gasteiger partial charge in [0, 0.05) is 31.3 Å². The first-order chi connectivity index (χ1) is 16.6. The SMILES string of the molecule is CC(C)(C)[C@@H](C(=O)N1CC(O)CC1C(=O)NCc1nc2ccccn2c1Br)n1cc(C2CC2)nn1. The number of carbonyl (C=O) groups is 2. The van der Waals surface area contributed by atoms with Gasteiger partial charge in [-0.3, -0.25) is 14.0 Å². The third-order valence-electron chi connectivity index (χ3n) is 6.67. The molecule has 11 heteroatoms. The Labute approximate surface area is 211 Å². The monoisotopic (exact) mass is 543 g/mol. The summed E-state index contributed by atoms with van der Waals surface area (Å²) in [7, 11) is 0. The Balaban J connectivity index is 1.34. The van der Waals surface area contributed by atoms with Crippen LogP contribution in [0, 0.1) is 5.41 Å². The molecule has 1 aliphatic heterocycles. The zero-order valence-corrected chi connectivity index (χ0v) is 21.6. The van der Waals surface area contributed by atoms with E-state index >= 15 is 0 Å². The van der Waals surface area contributed by atoms with Gasteiger partial charge in [-0.25, -0.2) is 9.67 Å². The number of nitrogens with one attached hydrogen (secondary N) is 1. The number of hydrogen-bond acceptors (Lipinski definition) is 6. The molecule has 1 saturated heterocycles. The Morgan fingerprint density at radius 2 is 2.06 bits per heavy atom. The minimum absolute atomic E-state index is 0.103. The van der Waals surface area contributed by atoms with Crippen LogP contribution in [0.3, 0.4) is 0 Å². The van der Waals surface area contributed by atoms with Gasteiger partial charge in [-0.2, -0.15) is 0 Å². The zero-order chi connectivity index (χ0) is 24.9. The van der Waals surface area contributed by atoms with Gasteiger partial charge in [0.2, 0.25) is 11.8 Å². The van der Waals surface area contributed by atoms with Gasteiger partial charge in [0.15, 0.2) is 0 Å². The molecule has 0 bridgehead atoms. The number of imidazole rings is 1. The molecular weight excluding hydrogens is 514 g/mol. The molecular formula is C24H30BrN7O3. The lowest BCUT2D eigenvalue weighted by Gasteiger charge is -2.34. The van der Waals surface area contributed by atoms with Crippen molar-refractivity contribution >= 4 is 33.4 Å². The van der Waals surface area contributed by atoms with Crippen molar-refractivity contribution in [2.75, 3.05) is 6.54 Å². The summed E-state index contributed by atoms with van der Waals surface area (Å²) in [4.78, 5) is 33.1. The molecule has 2 N–H and O–H groups in total. The second kappa shape index (κ2) is 9.02. The first-order valence-electron chi connectivity index (χ1n) is 11.9. The van der Waals surface area contributed by atoms with Crippen LogP contribution < -0.4 is 5.32 Å². The second-order valence-electron chi connectivity index (χ2n) is 10.6. The number of halogens is 1. The van der Waals surface area contributed by atoms with Crippen LogP contribution in [0.2, 0.25) is 0 Å². The fraction of sp³-hybridized carbons (Fsp3) is 0.542. The van der Waals surface area contributed by atoms with Gasteiger partial charge in [0.25, 0.3) is 0 Å². The summed E-state index contributed by atoms with van der Waals surface area (Å²) in [5, 5.41) is 21.9. The number of hydrogen-bond donors (Lipinski definition) is 2. The van der Waals surface area contributed by atoms with Crippen LogP contribution in [-0.4, -0.2) is 64.9 Å². The Morgan fingerprint density at radius 3 is 2.74 bits per heavy atom. The highest BCUT2D eigenvalue weighted by Crippen LogP contribution is 2.40. The lowest BCUT2D eigenvalue weighted by atomic mass is 9.85. The Kier molecular flexibility index (Phi) is 6.16. The molecule has 0 aromatic carbocycles. The average Bonchev–Trinajstić information content (AvgIpc) is 3.27. The number of aromatic nitrogens is 5. The zero-order valence-electron chi connectivity index (χ0n) is 20.1. The van der Waals surface area contributed by atoms with Crippen LogP contribution in [0.25, 0.3) is 5.65 Å². The van der Waals surface area contributed by atoms with Crippen molar-refractivity contribution in [2.45, 2.75) is 70.7 Å². The number of carbonyl (C=O) groups excluding carboxylic acids is 2. The maximum Gasteiger partial charge on any atom is 0.248 e. The highest BCUT2D eigenvalue weighted by molar-refractivity contribution is 9.10. The summed E-state index contributed by atoms with van der Waals surface area (Å²) in [5.74, 6) is -0.135. The van der Waals surface area contributed by atoms with Crippen molar-refractivity contribution in [1.82, 2.24) is 34.6 Å². The molecule has 35 heavy (non-hydrogen) atoms. The van der Waals surface area contributed by atoms with Gasteiger partial charge in [-0.15, -0.1) is 5.10 Å². The van der Waals surface area contributed by atoms with Gasteiger partial charge < -0.3 is 15.3 Å². The van der Waals surface area contributed by atoms with Gasteiger partial charge in [-0.1, -0.05) is 32.1 Å². The summed E-state index contributed by atoms with van der Waals surface area (Å²) in [6.07, 6.45) is 5.34. The van der Waals surface area contributed by atoms with Crippen LogP contribution in [0.1, 0.15) is 63.4 Å². The Bertz CT molecular complexity index is 1260. The molecule has 0 spiro atoms. The van der Waals surface area contributed by atoms with Crippen molar-refractivity contribution in [1.29, 1.82) is 0 Å². The number of aliphatic hydroxyl groups is 1. The van der Waals surface area contributed by atoms with Gasteiger partial charge in [0.05, 0.1) is 24.0 Å². The highest BCUT2D eigenvalue weighted by atomic mass is 79.9. The van der Waals surface area contributed by atoms with E-state index in [1.165, 1.54) is 4.90 Å². The third-order valence-corrected chi connectivity index (χ3v) is 7.51. The maximum atomic E-state index is 13.8. The lowest BCUT2D eigenvalue weighted by molar-refractivity contribution is -0.144. The van der Waals surface area contributed by atoms with E-state index in [0.717, 1.165) is 28.8 Å². The predicted molar refractivity (Wildman–Crippen MR) is 131 cm³/mol. The molecule has 4 heterocycles. The molecule has 1 saturated carbocycles. The molecule has 10 nitrogen and oxygen atoms in total. The van der Waals surface area contributed by atoms with Gasteiger partial charge in [0.1, 0.15) is 22.3 Å². The number of nitrogens with zero attached hydrogens (tertiary/aromatic N) is 6. The molecule has 2 fully saturated rings. The number of likely N-dealkylation sites (tertiary alicyclic amines) is 1. The lowest BCUT2D eigenvalue weighted by Crippen LogP contribution is -2.50. The van der Waals surface area contributed by atoms with E-state index in [4.69, 9.17) is 0 Å². The van der Waals surface area contributed by atoms with E-state index in [9.17, 15) is 14.7 Å². The van der Waals surface area contributed by atoms with Crippen molar-refractivity contribution in [3.05, 3.63) is 46.6 Å². The van der Waals surface area contributed by atoms with Crippen molar-refractivity contribution in [2.24, 2.45) is 5.41 Å². The standard InChI is InChI=1S/C24H30BrN7O3/c1-24(2,3)20(32-13-17(28-29-32)14-7-8-14)23(35)31-12-15(33)10-18(31)22(34)26-11-16-21(25)30-9-5-4-6-19(30)27-16/h4-6,9,13-15,18,20,33H,7-8,10-12H2,1-3H3,(H,26,34)/t15?,18?,20-/m1/s1. The van der Waals surface area contributed by atoms with Crippen LogP contribution in [-0.2, 0) is 16.1 Å². The highest BCUT2D eigenvalue weighted by Gasteiger charge is 2.45. The molecule has 0 radical (unpaired) electrons. The van der Waals surface area contributed by atoms with E-state index in [1.807, 2.05) is 55.8 Å². The van der Waals surface area contributed by atoms with E-state index in [0.29, 0.717) is 11.6 Å². The van der Waals surface area contributed by atoms with Crippen LogP contribution >= 0.6 is 15.9 Å². The Hall–Kier alpha value is -2.79. The van der Waals surface area contributed by atoms with Crippen LogP contribution in [0.15, 0.2) is 35.2 Å². The van der Waals surface area contributed by atoms with Gasteiger partial charge >= 0.3 is 0 Å². The largest absolute Gasteiger partial charge is 0.391 e. The molecule has 3 aromatic rings. The van der Waals surface area contributed by atoms with Gasteiger partial charge in [-0.05, 0) is 46.3 Å². The molecule has 5 rings (SSSR count). The molecule has 2 aliphatic rings. The summed E-state index contributed by atoms with van der Waals surface area (Å²) in [6.45, 7) is 6.21. The fourth-order valence-electron chi connectivity index (χ4n) is 4.74. The summed E-state index contributed by atoms with van der Waals surface area (Å²) >= 11 is 3.54. The molecule has 2 unspecified atom stereocenters. The van der Waals surface area contributed by atoms with E-state index < -0.39 is 23.6 Å². The number of aliphatic hydroxyl groups excluding tert-OH is 1. The smallest absolute Gasteiger partial charge is 0.248 e. The summed E-state index contributed by atoms with van der Waals surface area (Å²) in [6, 6.07) is 4.27. The topological polar surface area (TPSA) is 118 Å². The quantitative estimate of drug-likeness (QED) is 0.493. The molecule has 3 atom stereocenters. The van der Waals surface area contributed by atoms with E-state index in [1.54, 1.807) is 4.68 Å². The van der Waals surface area contributed by atoms with Crippen molar-refractivity contribution in [3.63, 3.8) is 0 Å². The molecule has 1 aliphatic carbocycles. The normalized spacial score (nSPS) is 21.5. The Morgan fingerprint density at radius 1 is 1.29 bits per heavy atom. The minimum Gasteiger partial charge on any atom is -0.391 e. The first kappa shape index (κ1) is 23.9. The van der Waals surface area contributed by atoms with Crippen molar-refractivity contribution in [3.8, 4) is 0 Å². The number of β-amino-alcohol motifs (C(OH)–C–C–N with tert-alkyl or cyclic N) is 1. The molecule has 186 valence electrons. The summed E-state index contributed by atoms with van der Waals surface area (Å²) < 4.78 is 4.28. The summed E-state index contributed by atoms with van der Waals surface area (Å²) in [5.41, 5.74) is 1.88. The van der Waals surface area contributed by atoms with E-state index in [2.05, 4.69) is 36.5 Å². The molecule has 3 aromatic heterocycles. The number of pyridine rings is 1. The number of rotatable bonds is 6. The fourth-order valence-corrected chi connectivity index (χ4v) is 5.27. The third kappa shape index (κ3) is 4.71. The number of amides is 2. The van der Waals surface area contributed by atoms with Crippen LogP contribution in [0.4, 0.5) is 0 Å². The second-order valence-corrected chi connectivity index (χ2v) is 11.3. The first-order valence-corrected chi connectivity index (χ1v) is 12.7. The van der Waals surface area contributed by atoms with Crippen molar-refractivity contribution < 1.29 is 14.7 Å².